The topological polar surface area (TPSA) is 71.1 Å². The quantitative estimate of drug-likeness (QED) is 0.297. The average Bonchev–Trinajstić information content (AvgIpc) is 3.18. The number of rotatable bonds is 8. The number of thiazole rings is 1. The summed E-state index contributed by atoms with van der Waals surface area (Å²) in [6, 6.07) is 21.7. The summed E-state index contributed by atoms with van der Waals surface area (Å²) in [6.45, 7) is 4.02. The van der Waals surface area contributed by atoms with Crippen LogP contribution in [0.15, 0.2) is 71.1 Å². The maximum absolute atomic E-state index is 12.4. The summed E-state index contributed by atoms with van der Waals surface area (Å²) in [5.74, 6) is 0.214. The molecule has 1 aromatic heterocycles. The van der Waals surface area contributed by atoms with Crippen molar-refractivity contribution >= 4 is 56.5 Å². The standard InChI is InChI=1S/C26H25N3O2S2/c1-17-12-18(2)14-21(13-17)28-25(31)16-32-26-29-22-10-9-20(15-23(22)33-26)27-24(30)11-8-19-6-4-3-5-7-19/h3-7,9-10,12-15H,8,11,16H2,1-2H3,(H,27,30)(H,28,31). The van der Waals surface area contributed by atoms with Crippen molar-refractivity contribution in [3.05, 3.63) is 83.4 Å². The molecule has 4 aromatic rings. The number of hydrogen-bond donors (Lipinski definition) is 2. The van der Waals surface area contributed by atoms with Crippen molar-refractivity contribution in [1.82, 2.24) is 4.98 Å². The Morgan fingerprint density at radius 1 is 0.879 bits per heavy atom. The molecule has 0 saturated carbocycles. The van der Waals surface area contributed by atoms with Crippen LogP contribution in [-0.4, -0.2) is 22.6 Å². The predicted molar refractivity (Wildman–Crippen MR) is 138 cm³/mol. The summed E-state index contributed by atoms with van der Waals surface area (Å²) in [4.78, 5) is 29.3. The van der Waals surface area contributed by atoms with Gasteiger partial charge in [0.05, 0.1) is 16.0 Å². The second-order valence-corrected chi connectivity index (χ2v) is 10.2. The molecule has 2 N–H and O–H groups in total. The Labute approximate surface area is 201 Å². The molecule has 5 nitrogen and oxygen atoms in total. The lowest BCUT2D eigenvalue weighted by molar-refractivity contribution is -0.116. The molecule has 0 fully saturated rings. The van der Waals surface area contributed by atoms with Gasteiger partial charge >= 0.3 is 0 Å². The average molecular weight is 476 g/mol. The van der Waals surface area contributed by atoms with Crippen molar-refractivity contribution in [2.75, 3.05) is 16.4 Å². The van der Waals surface area contributed by atoms with E-state index in [0.717, 1.165) is 42.6 Å². The number of nitrogens with one attached hydrogen (secondary N) is 2. The monoisotopic (exact) mass is 475 g/mol. The number of carbonyl (C=O) groups excluding carboxylic acids is 2. The molecule has 2 amide bonds. The largest absolute Gasteiger partial charge is 0.326 e. The van der Waals surface area contributed by atoms with Gasteiger partial charge in [-0.25, -0.2) is 4.98 Å². The first-order chi connectivity index (χ1) is 15.9. The lowest BCUT2D eigenvalue weighted by atomic mass is 10.1. The van der Waals surface area contributed by atoms with Crippen LogP contribution in [0.5, 0.6) is 0 Å². The van der Waals surface area contributed by atoms with E-state index in [1.165, 1.54) is 23.1 Å². The molecule has 0 radical (unpaired) electrons. The van der Waals surface area contributed by atoms with Crippen molar-refractivity contribution in [3.63, 3.8) is 0 Å². The van der Waals surface area contributed by atoms with Crippen LogP contribution in [0.25, 0.3) is 10.2 Å². The number of amides is 2. The fourth-order valence-corrected chi connectivity index (χ4v) is 5.45. The summed E-state index contributed by atoms with van der Waals surface area (Å²) >= 11 is 2.94. The summed E-state index contributed by atoms with van der Waals surface area (Å²) in [5, 5.41) is 5.92. The number of thioether (sulfide) groups is 1. The van der Waals surface area contributed by atoms with E-state index >= 15 is 0 Å². The van der Waals surface area contributed by atoms with E-state index in [1.807, 2.05) is 74.5 Å². The molecule has 33 heavy (non-hydrogen) atoms. The van der Waals surface area contributed by atoms with Gasteiger partial charge in [0.1, 0.15) is 0 Å². The van der Waals surface area contributed by atoms with Gasteiger partial charge in [-0.3, -0.25) is 9.59 Å². The van der Waals surface area contributed by atoms with Crippen molar-refractivity contribution in [3.8, 4) is 0 Å². The van der Waals surface area contributed by atoms with E-state index in [4.69, 9.17) is 0 Å². The van der Waals surface area contributed by atoms with Gasteiger partial charge in [0.2, 0.25) is 11.8 Å². The van der Waals surface area contributed by atoms with E-state index < -0.39 is 0 Å². The van der Waals surface area contributed by atoms with Gasteiger partial charge in [-0.1, -0.05) is 48.2 Å². The van der Waals surface area contributed by atoms with Gasteiger partial charge in [0.25, 0.3) is 0 Å². The summed E-state index contributed by atoms with van der Waals surface area (Å²) in [7, 11) is 0. The molecular formula is C26H25N3O2S2. The number of aromatic nitrogens is 1. The first kappa shape index (κ1) is 23.0. The van der Waals surface area contributed by atoms with Gasteiger partial charge < -0.3 is 10.6 Å². The fraction of sp³-hybridized carbons (Fsp3) is 0.192. The summed E-state index contributed by atoms with van der Waals surface area (Å²) in [6.07, 6.45) is 1.14. The predicted octanol–water partition coefficient (Wildman–Crippen LogP) is 6.22. The second kappa shape index (κ2) is 10.6. The molecule has 0 aliphatic heterocycles. The van der Waals surface area contributed by atoms with Crippen LogP contribution in [-0.2, 0) is 16.0 Å². The van der Waals surface area contributed by atoms with Gasteiger partial charge in [-0.15, -0.1) is 11.3 Å². The molecule has 0 aliphatic rings. The van der Waals surface area contributed by atoms with E-state index in [2.05, 4.69) is 21.7 Å². The zero-order valence-corrected chi connectivity index (χ0v) is 20.2. The molecule has 0 bridgehead atoms. The molecule has 4 rings (SSSR count). The Morgan fingerprint density at radius 2 is 1.61 bits per heavy atom. The molecule has 1 heterocycles. The van der Waals surface area contributed by atoms with Crippen LogP contribution in [0.2, 0.25) is 0 Å². The molecule has 0 aliphatic carbocycles. The summed E-state index contributed by atoms with van der Waals surface area (Å²) < 4.78 is 1.81. The Kier molecular flexibility index (Phi) is 7.42. The van der Waals surface area contributed by atoms with Crippen LogP contribution in [0.4, 0.5) is 11.4 Å². The lowest BCUT2D eigenvalue weighted by Crippen LogP contribution is -2.14. The number of benzene rings is 3. The lowest BCUT2D eigenvalue weighted by Gasteiger charge is -2.06. The third kappa shape index (κ3) is 6.66. The van der Waals surface area contributed by atoms with Crippen LogP contribution in [0.3, 0.4) is 0 Å². The van der Waals surface area contributed by atoms with Crippen molar-refractivity contribution in [2.45, 2.75) is 31.0 Å². The Hall–Kier alpha value is -3.16. The number of hydrogen-bond acceptors (Lipinski definition) is 5. The van der Waals surface area contributed by atoms with E-state index in [-0.39, 0.29) is 17.6 Å². The number of anilines is 2. The van der Waals surface area contributed by atoms with Gasteiger partial charge in [-0.05, 0) is 67.3 Å². The third-order valence-corrected chi connectivity index (χ3v) is 7.13. The Bertz CT molecular complexity index is 1270. The molecule has 0 spiro atoms. The molecular weight excluding hydrogens is 450 g/mol. The van der Waals surface area contributed by atoms with E-state index in [9.17, 15) is 9.59 Å². The van der Waals surface area contributed by atoms with Crippen molar-refractivity contribution < 1.29 is 9.59 Å². The van der Waals surface area contributed by atoms with Crippen molar-refractivity contribution in [2.24, 2.45) is 0 Å². The molecule has 3 aromatic carbocycles. The maximum Gasteiger partial charge on any atom is 0.234 e. The molecule has 168 valence electrons. The number of fused-ring (bicyclic) bond motifs is 1. The van der Waals surface area contributed by atoms with Crippen LogP contribution >= 0.6 is 23.1 Å². The molecule has 0 unspecified atom stereocenters. The first-order valence-corrected chi connectivity index (χ1v) is 12.5. The highest BCUT2D eigenvalue weighted by Gasteiger charge is 2.10. The van der Waals surface area contributed by atoms with Gasteiger partial charge in [0.15, 0.2) is 4.34 Å². The molecule has 0 saturated heterocycles. The number of nitrogens with zero attached hydrogens (tertiary/aromatic N) is 1. The Balaban J connectivity index is 1.31. The van der Waals surface area contributed by atoms with E-state index in [1.54, 1.807) is 0 Å². The van der Waals surface area contributed by atoms with E-state index in [0.29, 0.717) is 12.8 Å². The zero-order chi connectivity index (χ0) is 23.2. The zero-order valence-electron chi connectivity index (χ0n) is 18.6. The molecule has 7 heteroatoms. The minimum absolute atomic E-state index is 0.0135. The Morgan fingerprint density at radius 3 is 2.36 bits per heavy atom. The number of aryl methyl sites for hydroxylation is 3. The van der Waals surface area contributed by atoms with Crippen LogP contribution in [0, 0.1) is 13.8 Å². The highest BCUT2D eigenvalue weighted by atomic mass is 32.2. The second-order valence-electron chi connectivity index (χ2n) is 7.91. The highest BCUT2D eigenvalue weighted by Crippen LogP contribution is 2.31. The molecule has 0 atom stereocenters. The first-order valence-electron chi connectivity index (χ1n) is 10.7. The number of carbonyl (C=O) groups is 2. The SMILES string of the molecule is Cc1cc(C)cc(NC(=O)CSc2nc3ccc(NC(=O)CCc4ccccc4)cc3s2)c1. The van der Waals surface area contributed by atoms with Gasteiger partial charge in [0, 0.05) is 17.8 Å². The minimum Gasteiger partial charge on any atom is -0.326 e. The van der Waals surface area contributed by atoms with Crippen molar-refractivity contribution in [1.29, 1.82) is 0 Å². The minimum atomic E-state index is -0.0596. The smallest absolute Gasteiger partial charge is 0.234 e. The van der Waals surface area contributed by atoms with Gasteiger partial charge in [-0.2, -0.15) is 0 Å². The third-order valence-electron chi connectivity index (χ3n) is 4.97. The van der Waals surface area contributed by atoms with Crippen LogP contribution in [0.1, 0.15) is 23.1 Å². The fourth-order valence-electron chi connectivity index (χ4n) is 3.54. The summed E-state index contributed by atoms with van der Waals surface area (Å²) in [5.41, 5.74) is 5.82. The highest BCUT2D eigenvalue weighted by molar-refractivity contribution is 8.01. The van der Waals surface area contributed by atoms with Crippen LogP contribution < -0.4 is 10.6 Å². The normalized spacial score (nSPS) is 10.8. The maximum atomic E-state index is 12.4.